The number of rotatable bonds is 4. The summed E-state index contributed by atoms with van der Waals surface area (Å²) in [5, 5.41) is 0. The highest BCUT2D eigenvalue weighted by Crippen LogP contribution is 2.57. The van der Waals surface area contributed by atoms with Crippen LogP contribution in [0.5, 0.6) is 0 Å². The lowest BCUT2D eigenvalue weighted by molar-refractivity contribution is 0.303. The Bertz CT molecular complexity index is 323. The molecule has 77 valence electrons. The van der Waals surface area contributed by atoms with E-state index in [9.17, 15) is 9.46 Å². The second-order valence-corrected chi connectivity index (χ2v) is 5.11. The van der Waals surface area contributed by atoms with E-state index in [0.717, 1.165) is 5.56 Å². The minimum absolute atomic E-state index is 0.478. The summed E-state index contributed by atoms with van der Waals surface area (Å²) >= 11 is 0. The van der Waals surface area contributed by atoms with E-state index in [1.165, 1.54) is 7.11 Å². The van der Waals surface area contributed by atoms with Crippen molar-refractivity contribution in [1.29, 1.82) is 0 Å². The van der Waals surface area contributed by atoms with Crippen molar-refractivity contribution < 1.29 is 14.0 Å². The molecule has 1 rings (SSSR count). The molecule has 0 heterocycles. The summed E-state index contributed by atoms with van der Waals surface area (Å²) in [5.74, 6) is 0. The molecule has 0 saturated carbocycles. The molecule has 0 saturated heterocycles. The molecule has 0 aliphatic carbocycles. The number of hydrogen-bond acceptors (Lipinski definition) is 2. The summed E-state index contributed by atoms with van der Waals surface area (Å²) in [6, 6.07) is 10.1. The average Bonchev–Trinajstić information content (AvgIpc) is 2.20. The van der Waals surface area contributed by atoms with Crippen molar-refractivity contribution in [2.75, 3.05) is 7.11 Å². The van der Waals surface area contributed by atoms with Crippen LogP contribution in [0.25, 0.3) is 0 Å². The first-order chi connectivity index (χ1) is 6.61. The second kappa shape index (κ2) is 4.74. The maximum absolute atomic E-state index is 11.6. The normalized spacial score (nSPS) is 17.4. The minimum atomic E-state index is -3.54. The van der Waals surface area contributed by atoms with Gasteiger partial charge in [-0.3, -0.25) is 4.57 Å². The van der Waals surface area contributed by atoms with Crippen LogP contribution >= 0.6 is 7.60 Å². The van der Waals surface area contributed by atoms with Gasteiger partial charge in [0.1, 0.15) is 0 Å². The molecule has 0 fully saturated rings. The Morgan fingerprint density at radius 1 is 1.64 bits per heavy atom. The van der Waals surface area contributed by atoms with Crippen LogP contribution < -0.4 is 0 Å². The molecule has 3 nitrogen and oxygen atoms in total. The van der Waals surface area contributed by atoms with Crippen molar-refractivity contribution >= 4 is 7.60 Å². The van der Waals surface area contributed by atoms with Crippen molar-refractivity contribution in [1.82, 2.24) is 0 Å². The smallest absolute Gasteiger partial charge is 0.324 e. The minimum Gasteiger partial charge on any atom is -0.324 e. The van der Waals surface area contributed by atoms with Crippen molar-refractivity contribution in [3.05, 3.63) is 35.9 Å². The average molecular weight is 213 g/mol. The zero-order chi connectivity index (χ0) is 10.6. The third-order valence-electron chi connectivity index (χ3n) is 2.13. The molecule has 1 N–H and O–H groups in total. The quantitative estimate of drug-likeness (QED) is 0.782. The van der Waals surface area contributed by atoms with Crippen LogP contribution in [-0.4, -0.2) is 12.0 Å². The molecule has 0 bridgehead atoms. The molecular formula is C10H14O3P. The molecular weight excluding hydrogens is 199 g/mol. The Kier molecular flexibility index (Phi) is 3.87. The number of benzene rings is 1. The predicted molar refractivity (Wildman–Crippen MR) is 55.1 cm³/mol. The van der Waals surface area contributed by atoms with E-state index in [0.29, 0.717) is 6.42 Å². The van der Waals surface area contributed by atoms with Crippen molar-refractivity contribution in [2.45, 2.75) is 19.0 Å². The zero-order valence-corrected chi connectivity index (χ0v) is 9.20. The van der Waals surface area contributed by atoms with Gasteiger partial charge in [-0.2, -0.15) is 0 Å². The summed E-state index contributed by atoms with van der Waals surface area (Å²) in [4.78, 5) is 9.55. The van der Waals surface area contributed by atoms with Gasteiger partial charge in [-0.25, -0.2) is 0 Å². The van der Waals surface area contributed by atoms with Gasteiger partial charge in [-0.1, -0.05) is 31.2 Å². The highest BCUT2D eigenvalue weighted by Gasteiger charge is 2.30. The van der Waals surface area contributed by atoms with E-state index in [-0.39, 0.29) is 0 Å². The highest BCUT2D eigenvalue weighted by atomic mass is 31.2. The van der Waals surface area contributed by atoms with E-state index in [2.05, 4.69) is 10.6 Å². The van der Waals surface area contributed by atoms with E-state index in [4.69, 9.17) is 0 Å². The summed E-state index contributed by atoms with van der Waals surface area (Å²) in [6.45, 7) is 1.85. The van der Waals surface area contributed by atoms with Crippen LogP contribution in [0.1, 0.15) is 24.6 Å². The van der Waals surface area contributed by atoms with Gasteiger partial charge < -0.3 is 9.42 Å². The molecule has 0 aliphatic heterocycles. The van der Waals surface area contributed by atoms with E-state index in [1.54, 1.807) is 12.1 Å². The van der Waals surface area contributed by atoms with Gasteiger partial charge in [0.2, 0.25) is 0 Å². The van der Waals surface area contributed by atoms with Gasteiger partial charge in [-0.15, -0.1) is 0 Å². The van der Waals surface area contributed by atoms with Crippen molar-refractivity contribution in [3.63, 3.8) is 0 Å². The maximum atomic E-state index is 11.6. The van der Waals surface area contributed by atoms with Gasteiger partial charge in [0.15, 0.2) is 0 Å². The SMILES string of the molecule is CCC(c1[c]cccc1)P(=O)(O)OC. The fourth-order valence-corrected chi connectivity index (χ4v) is 2.60. The molecule has 1 aromatic rings. The largest absolute Gasteiger partial charge is 0.335 e. The molecule has 2 atom stereocenters. The fourth-order valence-electron chi connectivity index (χ4n) is 1.37. The summed E-state index contributed by atoms with van der Waals surface area (Å²) in [7, 11) is -2.28. The van der Waals surface area contributed by atoms with E-state index < -0.39 is 13.3 Å². The Labute approximate surface area is 84.3 Å². The van der Waals surface area contributed by atoms with Crippen LogP contribution in [0.3, 0.4) is 0 Å². The van der Waals surface area contributed by atoms with Crippen molar-refractivity contribution in [3.8, 4) is 0 Å². The lowest BCUT2D eigenvalue weighted by atomic mass is 10.1. The van der Waals surface area contributed by atoms with E-state index >= 15 is 0 Å². The van der Waals surface area contributed by atoms with Crippen LogP contribution in [-0.2, 0) is 9.09 Å². The molecule has 14 heavy (non-hydrogen) atoms. The second-order valence-electron chi connectivity index (χ2n) is 2.99. The molecule has 2 unspecified atom stereocenters. The molecule has 1 radical (unpaired) electrons. The van der Waals surface area contributed by atoms with Gasteiger partial charge in [0.25, 0.3) is 0 Å². The topological polar surface area (TPSA) is 46.5 Å². The standard InChI is InChI=1S/C10H14O3P/c1-3-10(14(11,12)13-2)9-7-5-4-6-8-9/h4-7,10H,3H2,1-2H3,(H,11,12). The highest BCUT2D eigenvalue weighted by molar-refractivity contribution is 7.53. The fraction of sp³-hybridized carbons (Fsp3) is 0.400. The van der Waals surface area contributed by atoms with Gasteiger partial charge in [0.05, 0.1) is 5.66 Å². The first-order valence-electron chi connectivity index (χ1n) is 4.46. The Morgan fingerprint density at radius 3 is 2.79 bits per heavy atom. The molecule has 0 aliphatic rings. The van der Waals surface area contributed by atoms with Crippen LogP contribution in [0, 0.1) is 6.07 Å². The van der Waals surface area contributed by atoms with Crippen molar-refractivity contribution in [2.24, 2.45) is 0 Å². The molecule has 0 amide bonds. The van der Waals surface area contributed by atoms with Crippen LogP contribution in [0.4, 0.5) is 0 Å². The monoisotopic (exact) mass is 213 g/mol. The first-order valence-corrected chi connectivity index (χ1v) is 6.11. The molecule has 1 aromatic carbocycles. The van der Waals surface area contributed by atoms with E-state index in [1.807, 2.05) is 19.1 Å². The Hall–Kier alpha value is -0.630. The molecule has 4 heteroatoms. The van der Waals surface area contributed by atoms with Crippen LogP contribution in [0.15, 0.2) is 24.3 Å². The number of hydrogen-bond donors (Lipinski definition) is 1. The maximum Gasteiger partial charge on any atom is 0.335 e. The molecule has 0 spiro atoms. The zero-order valence-electron chi connectivity index (χ0n) is 8.30. The predicted octanol–water partition coefficient (Wildman–Crippen LogP) is 2.77. The Morgan fingerprint density at radius 2 is 2.36 bits per heavy atom. The summed E-state index contributed by atoms with van der Waals surface area (Å²) in [6.07, 6.45) is 0.558. The third-order valence-corrected chi connectivity index (χ3v) is 4.09. The lowest BCUT2D eigenvalue weighted by Gasteiger charge is -2.19. The summed E-state index contributed by atoms with van der Waals surface area (Å²) in [5.41, 5.74) is 0.247. The van der Waals surface area contributed by atoms with Crippen LogP contribution in [0.2, 0.25) is 0 Å². The third kappa shape index (κ3) is 2.44. The van der Waals surface area contributed by atoms with Gasteiger partial charge in [0, 0.05) is 7.11 Å². The van der Waals surface area contributed by atoms with Gasteiger partial charge in [-0.05, 0) is 18.1 Å². The Balaban J connectivity index is 3.00. The summed E-state index contributed by atoms with van der Waals surface area (Å²) < 4.78 is 16.3. The first kappa shape index (κ1) is 11.4. The lowest BCUT2D eigenvalue weighted by Crippen LogP contribution is -2.00. The van der Waals surface area contributed by atoms with Gasteiger partial charge >= 0.3 is 7.60 Å². The molecule has 0 aromatic heterocycles.